The van der Waals surface area contributed by atoms with Crippen molar-refractivity contribution in [1.29, 1.82) is 0 Å². The summed E-state index contributed by atoms with van der Waals surface area (Å²) in [5.74, 6) is 0.465. The molecule has 1 saturated heterocycles. The molecule has 2 rings (SSSR count). The first-order valence-corrected chi connectivity index (χ1v) is 6.84. The standard InChI is InChI=1S/C14H18ClNO3/c1-10(17)11-4-5-13(12(15)8-11)19-9-14(18)16-6-2-3-7-16/h4-5,8,10,17H,2-3,6-7,9H2,1H3. The molecule has 0 spiro atoms. The van der Waals surface area contributed by atoms with E-state index in [4.69, 9.17) is 16.3 Å². The summed E-state index contributed by atoms with van der Waals surface area (Å²) in [5, 5.41) is 9.85. The highest BCUT2D eigenvalue weighted by Gasteiger charge is 2.18. The fourth-order valence-electron chi connectivity index (χ4n) is 2.09. The molecule has 0 bridgehead atoms. The van der Waals surface area contributed by atoms with Gasteiger partial charge >= 0.3 is 0 Å². The van der Waals surface area contributed by atoms with Crippen molar-refractivity contribution in [2.24, 2.45) is 0 Å². The van der Waals surface area contributed by atoms with Gasteiger partial charge in [-0.2, -0.15) is 0 Å². The Morgan fingerprint density at radius 2 is 2.16 bits per heavy atom. The Morgan fingerprint density at radius 1 is 1.47 bits per heavy atom. The van der Waals surface area contributed by atoms with Crippen LogP contribution in [0, 0.1) is 0 Å². The van der Waals surface area contributed by atoms with E-state index < -0.39 is 6.10 Å². The normalized spacial score (nSPS) is 16.5. The fraction of sp³-hybridized carbons (Fsp3) is 0.500. The third kappa shape index (κ3) is 3.61. The minimum Gasteiger partial charge on any atom is -0.482 e. The van der Waals surface area contributed by atoms with E-state index in [1.165, 1.54) is 0 Å². The van der Waals surface area contributed by atoms with Crippen LogP contribution in [0.4, 0.5) is 0 Å². The number of hydrogen-bond acceptors (Lipinski definition) is 3. The van der Waals surface area contributed by atoms with Crippen LogP contribution in [0.15, 0.2) is 18.2 Å². The van der Waals surface area contributed by atoms with Gasteiger partial charge in [0.05, 0.1) is 11.1 Å². The van der Waals surface area contributed by atoms with E-state index in [0.29, 0.717) is 10.8 Å². The van der Waals surface area contributed by atoms with Gasteiger partial charge in [0.25, 0.3) is 5.91 Å². The molecule has 19 heavy (non-hydrogen) atoms. The number of carbonyl (C=O) groups is 1. The van der Waals surface area contributed by atoms with E-state index >= 15 is 0 Å². The minimum absolute atomic E-state index is 0.00632. The van der Waals surface area contributed by atoms with E-state index in [0.717, 1.165) is 31.5 Å². The van der Waals surface area contributed by atoms with Gasteiger partial charge < -0.3 is 14.7 Å². The van der Waals surface area contributed by atoms with Crippen molar-refractivity contribution >= 4 is 17.5 Å². The van der Waals surface area contributed by atoms with Crippen molar-refractivity contribution in [1.82, 2.24) is 4.90 Å². The molecule has 0 saturated carbocycles. The highest BCUT2D eigenvalue weighted by molar-refractivity contribution is 6.32. The van der Waals surface area contributed by atoms with E-state index in [2.05, 4.69) is 0 Å². The number of likely N-dealkylation sites (tertiary alicyclic amines) is 1. The number of aliphatic hydroxyl groups excluding tert-OH is 1. The summed E-state index contributed by atoms with van der Waals surface area (Å²) in [6.45, 7) is 3.31. The number of benzene rings is 1. The first-order valence-electron chi connectivity index (χ1n) is 6.46. The van der Waals surface area contributed by atoms with Gasteiger partial charge in [-0.3, -0.25) is 4.79 Å². The summed E-state index contributed by atoms with van der Waals surface area (Å²) >= 11 is 6.06. The third-order valence-corrected chi connectivity index (χ3v) is 3.54. The molecular formula is C14H18ClNO3. The van der Waals surface area contributed by atoms with Crippen molar-refractivity contribution in [3.63, 3.8) is 0 Å². The van der Waals surface area contributed by atoms with Gasteiger partial charge in [-0.25, -0.2) is 0 Å². The first kappa shape index (κ1) is 14.2. The lowest BCUT2D eigenvalue weighted by Gasteiger charge is -2.16. The molecule has 1 N–H and O–H groups in total. The molecule has 0 aromatic heterocycles. The second kappa shape index (κ2) is 6.26. The van der Waals surface area contributed by atoms with Crippen molar-refractivity contribution in [2.75, 3.05) is 19.7 Å². The number of hydrogen-bond donors (Lipinski definition) is 1. The van der Waals surface area contributed by atoms with Crippen LogP contribution in [0.3, 0.4) is 0 Å². The monoisotopic (exact) mass is 283 g/mol. The molecule has 1 fully saturated rings. The van der Waals surface area contributed by atoms with Gasteiger partial charge in [-0.15, -0.1) is 0 Å². The smallest absolute Gasteiger partial charge is 0.260 e. The Hall–Kier alpha value is -1.26. The maximum absolute atomic E-state index is 11.8. The number of ether oxygens (including phenoxy) is 1. The largest absolute Gasteiger partial charge is 0.482 e. The molecule has 0 radical (unpaired) electrons. The second-order valence-corrected chi connectivity index (χ2v) is 5.15. The zero-order valence-electron chi connectivity index (χ0n) is 10.9. The highest BCUT2D eigenvalue weighted by Crippen LogP contribution is 2.27. The maximum atomic E-state index is 11.8. The number of aliphatic hydroxyl groups is 1. The molecule has 1 aromatic rings. The highest BCUT2D eigenvalue weighted by atomic mass is 35.5. The van der Waals surface area contributed by atoms with Crippen LogP contribution in [0.25, 0.3) is 0 Å². The zero-order valence-corrected chi connectivity index (χ0v) is 11.7. The van der Waals surface area contributed by atoms with Crippen molar-refractivity contribution < 1.29 is 14.6 Å². The summed E-state index contributed by atoms with van der Waals surface area (Å²) < 4.78 is 5.44. The van der Waals surface area contributed by atoms with Gasteiger partial charge in [0.1, 0.15) is 5.75 Å². The summed E-state index contributed by atoms with van der Waals surface area (Å²) in [5.41, 5.74) is 0.725. The molecule has 1 amide bonds. The molecule has 104 valence electrons. The molecule has 5 heteroatoms. The van der Waals surface area contributed by atoms with Gasteiger partial charge in [-0.05, 0) is 37.5 Å². The van der Waals surface area contributed by atoms with Crippen molar-refractivity contribution in [2.45, 2.75) is 25.9 Å². The lowest BCUT2D eigenvalue weighted by Crippen LogP contribution is -2.32. The lowest BCUT2D eigenvalue weighted by atomic mass is 10.1. The predicted molar refractivity (Wildman–Crippen MR) is 73.4 cm³/mol. The molecule has 1 heterocycles. The number of rotatable bonds is 4. The van der Waals surface area contributed by atoms with Gasteiger partial charge in [0, 0.05) is 13.1 Å². The van der Waals surface area contributed by atoms with Crippen LogP contribution in [-0.4, -0.2) is 35.6 Å². The molecule has 1 atom stereocenters. The summed E-state index contributed by atoms with van der Waals surface area (Å²) in [6.07, 6.45) is 1.56. The summed E-state index contributed by atoms with van der Waals surface area (Å²) in [6, 6.07) is 5.08. The number of carbonyl (C=O) groups excluding carboxylic acids is 1. The van der Waals surface area contributed by atoms with Gasteiger partial charge in [0.15, 0.2) is 6.61 Å². The average Bonchev–Trinajstić information content (AvgIpc) is 2.90. The maximum Gasteiger partial charge on any atom is 0.260 e. The number of nitrogens with zero attached hydrogens (tertiary/aromatic N) is 1. The third-order valence-electron chi connectivity index (χ3n) is 3.25. The minimum atomic E-state index is -0.571. The number of halogens is 1. The van der Waals surface area contributed by atoms with E-state index in [9.17, 15) is 9.90 Å². The Bertz CT molecular complexity index is 456. The quantitative estimate of drug-likeness (QED) is 0.923. The number of amides is 1. The molecule has 1 aliphatic heterocycles. The van der Waals surface area contributed by atoms with E-state index in [-0.39, 0.29) is 12.5 Å². The fourth-order valence-corrected chi connectivity index (χ4v) is 2.33. The SMILES string of the molecule is CC(O)c1ccc(OCC(=O)N2CCCC2)c(Cl)c1. The summed E-state index contributed by atoms with van der Waals surface area (Å²) in [4.78, 5) is 13.6. The average molecular weight is 284 g/mol. The van der Waals surface area contributed by atoms with Crippen LogP contribution in [0.1, 0.15) is 31.4 Å². The Balaban J connectivity index is 1.94. The Morgan fingerprint density at radius 3 is 2.74 bits per heavy atom. The lowest BCUT2D eigenvalue weighted by molar-refractivity contribution is -0.132. The molecule has 1 aliphatic rings. The van der Waals surface area contributed by atoms with Crippen LogP contribution < -0.4 is 4.74 Å². The van der Waals surface area contributed by atoms with Crippen molar-refractivity contribution in [3.05, 3.63) is 28.8 Å². The van der Waals surface area contributed by atoms with Crippen LogP contribution >= 0.6 is 11.6 Å². The topological polar surface area (TPSA) is 49.8 Å². The zero-order chi connectivity index (χ0) is 13.8. The molecule has 1 unspecified atom stereocenters. The van der Waals surface area contributed by atoms with Crippen LogP contribution in [0.2, 0.25) is 5.02 Å². The predicted octanol–water partition coefficient (Wildman–Crippen LogP) is 2.39. The van der Waals surface area contributed by atoms with Gasteiger partial charge in [0.2, 0.25) is 0 Å². The first-order chi connectivity index (χ1) is 9.08. The molecular weight excluding hydrogens is 266 g/mol. The Kier molecular flexibility index (Phi) is 4.66. The van der Waals surface area contributed by atoms with E-state index in [1.807, 2.05) is 0 Å². The van der Waals surface area contributed by atoms with E-state index in [1.54, 1.807) is 30.0 Å². The van der Waals surface area contributed by atoms with Gasteiger partial charge in [-0.1, -0.05) is 17.7 Å². The van der Waals surface area contributed by atoms with Crippen LogP contribution in [0.5, 0.6) is 5.75 Å². The molecule has 1 aromatic carbocycles. The molecule has 0 aliphatic carbocycles. The second-order valence-electron chi connectivity index (χ2n) is 4.74. The van der Waals surface area contributed by atoms with Crippen LogP contribution in [-0.2, 0) is 4.79 Å². The van der Waals surface area contributed by atoms with Crippen molar-refractivity contribution in [3.8, 4) is 5.75 Å². The molecule has 4 nitrogen and oxygen atoms in total. The summed E-state index contributed by atoms with van der Waals surface area (Å²) in [7, 11) is 0. The Labute approximate surface area is 117 Å².